The van der Waals surface area contributed by atoms with Crippen LogP contribution in [0.5, 0.6) is 0 Å². The number of nitrogens with zero attached hydrogens (tertiary/aromatic N) is 3. The van der Waals surface area contributed by atoms with E-state index in [4.69, 9.17) is 5.73 Å². The highest BCUT2D eigenvalue weighted by atomic mass is 16.6. The van der Waals surface area contributed by atoms with E-state index in [2.05, 4.69) is 5.10 Å². The standard InChI is InChI=1S/C12H14N4O2/c13-7-11-8-14-15(9-11)6-5-10-1-3-12(4-2-10)16(17)18/h1-4,8-9H,5-7,13H2. The number of hydrogen-bond donors (Lipinski definition) is 1. The van der Waals surface area contributed by atoms with E-state index < -0.39 is 4.92 Å². The average molecular weight is 246 g/mol. The van der Waals surface area contributed by atoms with Crippen molar-refractivity contribution in [3.05, 3.63) is 57.9 Å². The van der Waals surface area contributed by atoms with Gasteiger partial charge in [0.25, 0.3) is 5.69 Å². The van der Waals surface area contributed by atoms with E-state index in [1.54, 1.807) is 18.3 Å². The quantitative estimate of drug-likeness (QED) is 0.639. The third-order valence-electron chi connectivity index (χ3n) is 2.70. The van der Waals surface area contributed by atoms with E-state index in [1.165, 1.54) is 12.1 Å². The van der Waals surface area contributed by atoms with Gasteiger partial charge in [-0.05, 0) is 12.0 Å². The topological polar surface area (TPSA) is 87.0 Å². The first-order valence-electron chi connectivity index (χ1n) is 5.64. The Balaban J connectivity index is 1.95. The summed E-state index contributed by atoms with van der Waals surface area (Å²) < 4.78 is 1.82. The van der Waals surface area contributed by atoms with E-state index in [0.29, 0.717) is 6.54 Å². The van der Waals surface area contributed by atoms with E-state index in [0.717, 1.165) is 24.1 Å². The van der Waals surface area contributed by atoms with E-state index in [9.17, 15) is 10.1 Å². The van der Waals surface area contributed by atoms with Crippen LogP contribution in [-0.2, 0) is 19.5 Å². The molecule has 6 heteroatoms. The minimum Gasteiger partial charge on any atom is -0.326 e. The number of hydrogen-bond acceptors (Lipinski definition) is 4. The number of aromatic nitrogens is 2. The maximum Gasteiger partial charge on any atom is 0.269 e. The van der Waals surface area contributed by atoms with Crippen molar-refractivity contribution in [3.63, 3.8) is 0 Å². The molecular formula is C12H14N4O2. The Bertz CT molecular complexity index is 533. The molecule has 0 fully saturated rings. The first kappa shape index (κ1) is 12.3. The van der Waals surface area contributed by atoms with Gasteiger partial charge in [-0.1, -0.05) is 12.1 Å². The predicted octanol–water partition coefficient (Wildman–Crippen LogP) is 1.49. The summed E-state index contributed by atoms with van der Waals surface area (Å²) >= 11 is 0. The molecule has 0 atom stereocenters. The van der Waals surface area contributed by atoms with E-state index in [1.807, 2.05) is 10.9 Å². The molecule has 6 nitrogen and oxygen atoms in total. The van der Waals surface area contributed by atoms with Crippen LogP contribution < -0.4 is 5.73 Å². The highest BCUT2D eigenvalue weighted by molar-refractivity contribution is 5.32. The van der Waals surface area contributed by atoms with Gasteiger partial charge in [-0.15, -0.1) is 0 Å². The summed E-state index contributed by atoms with van der Waals surface area (Å²) in [6, 6.07) is 6.57. The zero-order chi connectivity index (χ0) is 13.0. The molecule has 2 rings (SSSR count). The average Bonchev–Trinajstić information content (AvgIpc) is 2.85. The second-order valence-electron chi connectivity index (χ2n) is 3.99. The Morgan fingerprint density at radius 3 is 2.56 bits per heavy atom. The molecule has 18 heavy (non-hydrogen) atoms. The van der Waals surface area contributed by atoms with Crippen molar-refractivity contribution in [1.82, 2.24) is 9.78 Å². The van der Waals surface area contributed by atoms with Crippen LogP contribution >= 0.6 is 0 Å². The van der Waals surface area contributed by atoms with Crippen molar-refractivity contribution in [2.75, 3.05) is 0 Å². The van der Waals surface area contributed by atoms with Crippen molar-refractivity contribution in [3.8, 4) is 0 Å². The molecule has 2 N–H and O–H groups in total. The number of rotatable bonds is 5. The Hall–Kier alpha value is -2.21. The van der Waals surface area contributed by atoms with Crippen LogP contribution in [0.1, 0.15) is 11.1 Å². The molecule has 0 aliphatic rings. The molecule has 0 unspecified atom stereocenters. The Morgan fingerprint density at radius 2 is 2.00 bits per heavy atom. The van der Waals surface area contributed by atoms with Gasteiger partial charge in [0.2, 0.25) is 0 Å². The molecule has 0 saturated carbocycles. The predicted molar refractivity (Wildman–Crippen MR) is 66.9 cm³/mol. The van der Waals surface area contributed by atoms with Gasteiger partial charge in [0.15, 0.2) is 0 Å². The Morgan fingerprint density at radius 1 is 1.28 bits per heavy atom. The lowest BCUT2D eigenvalue weighted by atomic mass is 10.1. The summed E-state index contributed by atoms with van der Waals surface area (Å²) in [4.78, 5) is 10.1. The second kappa shape index (κ2) is 5.42. The molecule has 94 valence electrons. The number of non-ortho nitro benzene ring substituents is 1. The number of nitro groups is 1. The third-order valence-corrected chi connectivity index (χ3v) is 2.70. The van der Waals surface area contributed by atoms with Crippen molar-refractivity contribution in [2.24, 2.45) is 5.73 Å². The van der Waals surface area contributed by atoms with Gasteiger partial charge in [-0.25, -0.2) is 0 Å². The normalized spacial score (nSPS) is 10.5. The molecule has 0 aliphatic heterocycles. The zero-order valence-corrected chi connectivity index (χ0v) is 9.82. The fourth-order valence-electron chi connectivity index (χ4n) is 1.66. The molecule has 2 aromatic rings. The maximum atomic E-state index is 10.5. The first-order chi connectivity index (χ1) is 8.69. The van der Waals surface area contributed by atoms with Gasteiger partial charge in [0.1, 0.15) is 0 Å². The molecule has 0 spiro atoms. The number of nitrogens with two attached hydrogens (primary N) is 1. The second-order valence-corrected chi connectivity index (χ2v) is 3.99. The summed E-state index contributed by atoms with van der Waals surface area (Å²) in [6.45, 7) is 1.22. The highest BCUT2D eigenvalue weighted by Crippen LogP contribution is 2.12. The minimum absolute atomic E-state index is 0.114. The van der Waals surface area contributed by atoms with Crippen LogP contribution in [0.25, 0.3) is 0 Å². The van der Waals surface area contributed by atoms with Gasteiger partial charge in [-0.3, -0.25) is 14.8 Å². The SMILES string of the molecule is NCc1cnn(CCc2ccc([N+](=O)[O-])cc2)c1. The van der Waals surface area contributed by atoms with Gasteiger partial charge in [0.05, 0.1) is 11.1 Å². The maximum absolute atomic E-state index is 10.5. The first-order valence-corrected chi connectivity index (χ1v) is 5.64. The van der Waals surface area contributed by atoms with Crippen molar-refractivity contribution in [1.29, 1.82) is 0 Å². The molecule has 1 aromatic heterocycles. The lowest BCUT2D eigenvalue weighted by molar-refractivity contribution is -0.384. The lowest BCUT2D eigenvalue weighted by Crippen LogP contribution is -2.02. The van der Waals surface area contributed by atoms with E-state index >= 15 is 0 Å². The molecule has 0 aliphatic carbocycles. The van der Waals surface area contributed by atoms with Crippen molar-refractivity contribution in [2.45, 2.75) is 19.5 Å². The smallest absolute Gasteiger partial charge is 0.269 e. The zero-order valence-electron chi connectivity index (χ0n) is 9.82. The monoisotopic (exact) mass is 246 g/mol. The van der Waals surface area contributed by atoms with Crippen LogP contribution in [0.4, 0.5) is 5.69 Å². The third kappa shape index (κ3) is 2.92. The Labute approximate surface area is 104 Å². The molecule has 0 amide bonds. The Kier molecular flexibility index (Phi) is 3.69. The lowest BCUT2D eigenvalue weighted by Gasteiger charge is -2.01. The van der Waals surface area contributed by atoms with Crippen LogP contribution in [-0.4, -0.2) is 14.7 Å². The van der Waals surface area contributed by atoms with Crippen molar-refractivity contribution >= 4 is 5.69 Å². The van der Waals surface area contributed by atoms with Crippen LogP contribution in [0, 0.1) is 10.1 Å². The fraction of sp³-hybridized carbons (Fsp3) is 0.250. The van der Waals surface area contributed by atoms with E-state index in [-0.39, 0.29) is 5.69 Å². The molecule has 0 saturated heterocycles. The summed E-state index contributed by atoms with van der Waals surface area (Å²) in [5.74, 6) is 0. The molecule has 0 bridgehead atoms. The largest absolute Gasteiger partial charge is 0.326 e. The molecule has 1 heterocycles. The number of nitro benzene ring substituents is 1. The summed E-state index contributed by atoms with van der Waals surface area (Å²) in [5.41, 5.74) is 7.66. The molecule has 0 radical (unpaired) electrons. The summed E-state index contributed by atoms with van der Waals surface area (Å²) in [6.07, 6.45) is 4.44. The van der Waals surface area contributed by atoms with Crippen LogP contribution in [0.3, 0.4) is 0 Å². The summed E-state index contributed by atoms with van der Waals surface area (Å²) in [5, 5.41) is 14.7. The highest BCUT2D eigenvalue weighted by Gasteiger charge is 2.04. The van der Waals surface area contributed by atoms with Crippen LogP contribution in [0.2, 0.25) is 0 Å². The number of aryl methyl sites for hydroxylation is 2. The van der Waals surface area contributed by atoms with Crippen LogP contribution in [0.15, 0.2) is 36.7 Å². The molecular weight excluding hydrogens is 232 g/mol. The molecule has 1 aromatic carbocycles. The van der Waals surface area contributed by atoms with Gasteiger partial charge < -0.3 is 5.73 Å². The van der Waals surface area contributed by atoms with Gasteiger partial charge >= 0.3 is 0 Å². The fourth-order valence-corrected chi connectivity index (χ4v) is 1.66. The van der Waals surface area contributed by atoms with Gasteiger partial charge in [-0.2, -0.15) is 5.10 Å². The summed E-state index contributed by atoms with van der Waals surface area (Å²) in [7, 11) is 0. The number of benzene rings is 1. The van der Waals surface area contributed by atoms with Crippen molar-refractivity contribution < 1.29 is 4.92 Å². The minimum atomic E-state index is -0.398. The van der Waals surface area contributed by atoms with Gasteiger partial charge in [0, 0.05) is 37.0 Å².